The molecule has 4 fully saturated rings. The fourth-order valence-corrected chi connectivity index (χ4v) is 7.82. The topological polar surface area (TPSA) is 59.8 Å². The van der Waals surface area contributed by atoms with E-state index in [1.165, 1.54) is 19.3 Å². The van der Waals surface area contributed by atoms with Crippen molar-refractivity contribution in [3.05, 3.63) is 34.7 Å². The summed E-state index contributed by atoms with van der Waals surface area (Å²) in [5, 5.41) is 12.8. The summed E-state index contributed by atoms with van der Waals surface area (Å²) in [5.41, 5.74) is 1.69. The summed E-state index contributed by atoms with van der Waals surface area (Å²) < 4.78 is 1.80. The van der Waals surface area contributed by atoms with Gasteiger partial charge in [-0.3, -0.25) is 4.79 Å². The number of thiophene rings is 1. The summed E-state index contributed by atoms with van der Waals surface area (Å²) >= 11 is 3.24. The molecule has 4 aliphatic rings. The quantitative estimate of drug-likeness (QED) is 0.600. The van der Waals surface area contributed by atoms with Gasteiger partial charge in [0.15, 0.2) is 0 Å². The molecule has 3 aromatic heterocycles. The molecule has 0 aliphatic heterocycles. The van der Waals surface area contributed by atoms with Gasteiger partial charge < -0.3 is 5.32 Å². The minimum absolute atomic E-state index is 0.164. The standard InChI is InChI=1S/C22H24N4OS2/c1-13-5-19(26(25-13)21-23-17(12-29-21)18-3-2-4-28-18)24-20(27)22-9-14-6-15(10-22)8-16(7-14)11-22/h2-5,12,14-16H,6-11H2,1H3,(H,24,27). The summed E-state index contributed by atoms with van der Waals surface area (Å²) in [5.74, 6) is 3.21. The van der Waals surface area contributed by atoms with Crippen molar-refractivity contribution in [3.8, 4) is 15.7 Å². The maximum Gasteiger partial charge on any atom is 0.231 e. The number of nitrogens with one attached hydrogen (secondary N) is 1. The lowest BCUT2D eigenvalue weighted by molar-refractivity contribution is -0.140. The molecule has 29 heavy (non-hydrogen) atoms. The van der Waals surface area contributed by atoms with E-state index in [1.54, 1.807) is 27.4 Å². The molecule has 4 bridgehead atoms. The van der Waals surface area contributed by atoms with E-state index in [9.17, 15) is 4.79 Å². The molecule has 4 aliphatic carbocycles. The molecule has 4 saturated carbocycles. The van der Waals surface area contributed by atoms with Gasteiger partial charge in [0.25, 0.3) is 0 Å². The molecule has 0 aromatic carbocycles. The van der Waals surface area contributed by atoms with Crippen molar-refractivity contribution in [1.82, 2.24) is 14.8 Å². The van der Waals surface area contributed by atoms with Crippen molar-refractivity contribution in [2.24, 2.45) is 23.2 Å². The largest absolute Gasteiger partial charge is 0.310 e. The molecule has 0 atom stereocenters. The first-order valence-electron chi connectivity index (χ1n) is 10.5. The van der Waals surface area contributed by atoms with Crippen LogP contribution in [0.2, 0.25) is 0 Å². The molecule has 3 aromatic rings. The van der Waals surface area contributed by atoms with Crippen LogP contribution in [0.4, 0.5) is 5.82 Å². The number of carbonyl (C=O) groups is 1. The highest BCUT2D eigenvalue weighted by atomic mass is 32.1. The molecule has 0 saturated heterocycles. The lowest BCUT2D eigenvalue weighted by Gasteiger charge is -2.55. The smallest absolute Gasteiger partial charge is 0.231 e. The Bertz CT molecular complexity index is 1030. The maximum atomic E-state index is 13.5. The van der Waals surface area contributed by atoms with Crippen molar-refractivity contribution >= 4 is 34.4 Å². The number of amides is 1. The van der Waals surface area contributed by atoms with Crippen LogP contribution in [0.3, 0.4) is 0 Å². The third-order valence-corrected chi connectivity index (χ3v) is 8.75. The van der Waals surface area contributed by atoms with Crippen LogP contribution in [-0.4, -0.2) is 20.7 Å². The first-order valence-corrected chi connectivity index (χ1v) is 12.2. The zero-order valence-corrected chi connectivity index (χ0v) is 18.1. The molecule has 5 nitrogen and oxygen atoms in total. The summed E-state index contributed by atoms with van der Waals surface area (Å²) in [4.78, 5) is 19.4. The predicted molar refractivity (Wildman–Crippen MR) is 117 cm³/mol. The predicted octanol–water partition coefficient (Wildman–Crippen LogP) is 5.52. The fraction of sp³-hybridized carbons (Fsp3) is 0.500. The Kier molecular flexibility index (Phi) is 4.00. The molecule has 0 radical (unpaired) electrons. The van der Waals surface area contributed by atoms with Gasteiger partial charge in [0, 0.05) is 11.4 Å². The zero-order valence-electron chi connectivity index (χ0n) is 16.4. The van der Waals surface area contributed by atoms with E-state index in [-0.39, 0.29) is 11.3 Å². The van der Waals surface area contributed by atoms with Gasteiger partial charge in [-0.25, -0.2) is 4.98 Å². The Morgan fingerprint density at radius 3 is 2.55 bits per heavy atom. The lowest BCUT2D eigenvalue weighted by Crippen LogP contribution is -2.51. The highest BCUT2D eigenvalue weighted by molar-refractivity contribution is 7.15. The van der Waals surface area contributed by atoms with Crippen LogP contribution in [0.25, 0.3) is 15.7 Å². The van der Waals surface area contributed by atoms with Gasteiger partial charge >= 0.3 is 0 Å². The monoisotopic (exact) mass is 424 g/mol. The highest BCUT2D eigenvalue weighted by Crippen LogP contribution is 2.60. The summed E-state index contributed by atoms with van der Waals surface area (Å²) in [6, 6.07) is 6.08. The molecule has 1 amide bonds. The van der Waals surface area contributed by atoms with Gasteiger partial charge in [-0.15, -0.1) is 22.7 Å². The van der Waals surface area contributed by atoms with Crippen molar-refractivity contribution < 1.29 is 4.79 Å². The van der Waals surface area contributed by atoms with E-state index < -0.39 is 0 Å². The third-order valence-electron chi connectivity index (χ3n) is 7.04. The first-order chi connectivity index (χ1) is 14.1. The second-order valence-electron chi connectivity index (χ2n) is 9.23. The molecule has 0 spiro atoms. The zero-order chi connectivity index (χ0) is 19.6. The SMILES string of the molecule is Cc1cc(NC(=O)C23CC4CC(CC(C4)C2)C3)n(-c2nc(-c3cccs3)cs2)n1. The van der Waals surface area contributed by atoms with Crippen LogP contribution in [0, 0.1) is 30.1 Å². The Hall–Kier alpha value is -1.99. The summed E-state index contributed by atoms with van der Waals surface area (Å²) in [6.07, 6.45) is 7.23. The average Bonchev–Trinajstić information content (AvgIpc) is 3.40. The number of hydrogen-bond donors (Lipinski definition) is 1. The maximum absolute atomic E-state index is 13.5. The lowest BCUT2D eigenvalue weighted by atomic mass is 9.49. The van der Waals surface area contributed by atoms with E-state index >= 15 is 0 Å². The van der Waals surface area contributed by atoms with Gasteiger partial charge in [-0.1, -0.05) is 6.07 Å². The molecule has 0 unspecified atom stereocenters. The average molecular weight is 425 g/mol. The Morgan fingerprint density at radius 2 is 1.90 bits per heavy atom. The first kappa shape index (κ1) is 17.8. The third kappa shape index (κ3) is 2.97. The fourth-order valence-electron chi connectivity index (χ4n) is 6.27. The van der Waals surface area contributed by atoms with Crippen molar-refractivity contribution in [2.45, 2.75) is 45.4 Å². The second kappa shape index (κ2) is 6.51. The van der Waals surface area contributed by atoms with Crippen LogP contribution in [0.15, 0.2) is 29.0 Å². The van der Waals surface area contributed by atoms with Gasteiger partial charge in [0.05, 0.1) is 21.7 Å². The number of anilines is 1. The molecular weight excluding hydrogens is 400 g/mol. The van der Waals surface area contributed by atoms with Crippen LogP contribution in [-0.2, 0) is 4.79 Å². The van der Waals surface area contributed by atoms with E-state index in [4.69, 9.17) is 4.98 Å². The van der Waals surface area contributed by atoms with Crippen molar-refractivity contribution in [3.63, 3.8) is 0 Å². The van der Waals surface area contributed by atoms with Crippen LogP contribution in [0.5, 0.6) is 0 Å². The molecule has 7 rings (SSSR count). The number of carbonyl (C=O) groups excluding carboxylic acids is 1. The second-order valence-corrected chi connectivity index (χ2v) is 11.0. The van der Waals surface area contributed by atoms with Gasteiger partial charge in [-0.05, 0) is 74.6 Å². The molecule has 150 valence electrons. The van der Waals surface area contributed by atoms with Gasteiger partial charge in [-0.2, -0.15) is 9.78 Å². The van der Waals surface area contributed by atoms with Gasteiger partial charge in [0.1, 0.15) is 5.82 Å². The number of hydrogen-bond acceptors (Lipinski definition) is 5. The molecule has 1 N–H and O–H groups in total. The number of rotatable bonds is 4. The normalized spacial score (nSPS) is 30.0. The minimum atomic E-state index is -0.164. The van der Waals surface area contributed by atoms with Crippen LogP contribution < -0.4 is 5.32 Å². The van der Waals surface area contributed by atoms with Gasteiger partial charge in [0.2, 0.25) is 11.0 Å². The van der Waals surface area contributed by atoms with Crippen LogP contribution >= 0.6 is 22.7 Å². The molecule has 7 heteroatoms. The van der Waals surface area contributed by atoms with Crippen molar-refractivity contribution in [1.29, 1.82) is 0 Å². The highest BCUT2D eigenvalue weighted by Gasteiger charge is 2.54. The Balaban J connectivity index is 1.29. The summed E-state index contributed by atoms with van der Waals surface area (Å²) in [6.45, 7) is 1.96. The Morgan fingerprint density at radius 1 is 1.17 bits per heavy atom. The van der Waals surface area contributed by atoms with Crippen molar-refractivity contribution in [2.75, 3.05) is 5.32 Å². The van der Waals surface area contributed by atoms with E-state index in [1.807, 2.05) is 19.1 Å². The molecular formula is C22H24N4OS2. The molecule has 3 heterocycles. The van der Waals surface area contributed by atoms with E-state index in [2.05, 4.69) is 27.2 Å². The van der Waals surface area contributed by atoms with Crippen LogP contribution in [0.1, 0.15) is 44.2 Å². The number of thiazole rings is 1. The van der Waals surface area contributed by atoms with E-state index in [0.717, 1.165) is 64.2 Å². The summed E-state index contributed by atoms with van der Waals surface area (Å²) in [7, 11) is 0. The Labute approximate surface area is 178 Å². The minimum Gasteiger partial charge on any atom is -0.310 e. The van der Waals surface area contributed by atoms with E-state index in [0.29, 0.717) is 0 Å². The number of aromatic nitrogens is 3. The number of nitrogens with zero attached hydrogens (tertiary/aromatic N) is 3. The number of aryl methyl sites for hydroxylation is 1.